The number of hydrogen-bond donors (Lipinski definition) is 0. The Labute approximate surface area is 141 Å². The van der Waals surface area contributed by atoms with Crippen molar-refractivity contribution in [2.24, 2.45) is 0 Å². The summed E-state index contributed by atoms with van der Waals surface area (Å²) in [6, 6.07) is 8.93. The lowest BCUT2D eigenvalue weighted by atomic mass is 10.1. The Balaban J connectivity index is 1.71. The second-order valence-electron chi connectivity index (χ2n) is 5.19. The fourth-order valence-corrected chi connectivity index (χ4v) is 2.14. The van der Waals surface area contributed by atoms with Crippen LogP contribution in [0.4, 0.5) is 10.2 Å². The van der Waals surface area contributed by atoms with Crippen molar-refractivity contribution in [3.05, 3.63) is 75.8 Å². The van der Waals surface area contributed by atoms with Gasteiger partial charge in [0.2, 0.25) is 5.75 Å². The van der Waals surface area contributed by atoms with E-state index >= 15 is 0 Å². The maximum Gasteiger partial charge on any atom is 0.406 e. The summed E-state index contributed by atoms with van der Waals surface area (Å²) < 4.78 is 23.6. The third kappa shape index (κ3) is 3.94. The number of rotatable bonds is 6. The molecule has 0 saturated heterocycles. The van der Waals surface area contributed by atoms with Gasteiger partial charge >= 0.3 is 5.82 Å². The lowest BCUT2D eigenvalue weighted by molar-refractivity contribution is -0.390. The van der Waals surface area contributed by atoms with Crippen LogP contribution in [0.5, 0.6) is 5.75 Å². The molecule has 8 nitrogen and oxygen atoms in total. The van der Waals surface area contributed by atoms with E-state index in [-0.39, 0.29) is 23.3 Å². The quantitative estimate of drug-likeness (QED) is 0.499. The molecule has 0 aliphatic carbocycles. The highest BCUT2D eigenvalue weighted by atomic mass is 19.1. The van der Waals surface area contributed by atoms with Crippen molar-refractivity contribution in [2.75, 3.05) is 0 Å². The average Bonchev–Trinajstić information content (AvgIpc) is 3.06. The molecule has 0 bridgehead atoms. The Kier molecular flexibility index (Phi) is 4.64. The average molecular weight is 344 g/mol. The van der Waals surface area contributed by atoms with Gasteiger partial charge in [-0.1, -0.05) is 17.3 Å². The summed E-state index contributed by atoms with van der Waals surface area (Å²) in [5.41, 5.74) is 0.824. The van der Waals surface area contributed by atoms with E-state index in [1.807, 2.05) is 0 Å². The molecule has 2 aromatic heterocycles. The second kappa shape index (κ2) is 7.04. The number of nitrogens with zero attached hydrogens (tertiary/aromatic N) is 4. The van der Waals surface area contributed by atoms with E-state index in [1.165, 1.54) is 30.5 Å². The Morgan fingerprint density at radius 2 is 2.08 bits per heavy atom. The predicted molar refractivity (Wildman–Crippen MR) is 83.4 cm³/mol. The Morgan fingerprint density at radius 1 is 1.32 bits per heavy atom. The van der Waals surface area contributed by atoms with Crippen molar-refractivity contribution >= 4 is 5.82 Å². The topological polar surface area (TPSA) is 104 Å². The highest BCUT2D eigenvalue weighted by molar-refractivity contribution is 5.38. The first-order chi connectivity index (χ1) is 12.0. The molecule has 0 N–H and O–H groups in total. The molecular formula is C16H13FN4O4. The lowest BCUT2D eigenvalue weighted by Crippen LogP contribution is -2.06. The number of aromatic nitrogens is 3. The van der Waals surface area contributed by atoms with Crippen molar-refractivity contribution in [3.8, 4) is 5.75 Å². The summed E-state index contributed by atoms with van der Waals surface area (Å²) in [6.07, 6.45) is 0.976. The minimum absolute atomic E-state index is 0.0123. The molecule has 1 aromatic carbocycles. The summed E-state index contributed by atoms with van der Waals surface area (Å²) in [5, 5.41) is 14.8. The van der Waals surface area contributed by atoms with Gasteiger partial charge in [0.1, 0.15) is 12.0 Å². The van der Waals surface area contributed by atoms with E-state index in [2.05, 4.69) is 15.1 Å². The molecular weight excluding hydrogens is 331 g/mol. The first kappa shape index (κ1) is 16.5. The SMILES string of the molecule is C[C@H](Oc1cccnc1[N+](=O)[O-])c1nc(Cc2ccc(F)cc2)no1. The molecule has 9 heteroatoms. The third-order valence-corrected chi connectivity index (χ3v) is 3.33. The molecule has 0 fully saturated rings. The van der Waals surface area contributed by atoms with Crippen LogP contribution in [0.3, 0.4) is 0 Å². The number of hydrogen-bond acceptors (Lipinski definition) is 7. The van der Waals surface area contributed by atoms with Crippen LogP contribution in [-0.4, -0.2) is 20.0 Å². The fourth-order valence-electron chi connectivity index (χ4n) is 2.14. The fraction of sp³-hybridized carbons (Fsp3) is 0.188. The van der Waals surface area contributed by atoms with E-state index in [0.717, 1.165) is 5.56 Å². The molecule has 3 rings (SSSR count). The van der Waals surface area contributed by atoms with Crippen LogP contribution < -0.4 is 4.74 Å². The van der Waals surface area contributed by atoms with Gasteiger partial charge in [-0.25, -0.2) is 4.39 Å². The van der Waals surface area contributed by atoms with Gasteiger partial charge in [0, 0.05) is 6.42 Å². The Bertz CT molecular complexity index is 882. The molecule has 3 aromatic rings. The van der Waals surface area contributed by atoms with Crippen molar-refractivity contribution in [1.82, 2.24) is 15.1 Å². The maximum absolute atomic E-state index is 12.9. The van der Waals surface area contributed by atoms with Crippen LogP contribution in [0.1, 0.15) is 30.3 Å². The lowest BCUT2D eigenvalue weighted by Gasteiger charge is -2.09. The van der Waals surface area contributed by atoms with Gasteiger partial charge in [0.05, 0.1) is 0 Å². The van der Waals surface area contributed by atoms with Crippen LogP contribution in [0, 0.1) is 15.9 Å². The highest BCUT2D eigenvalue weighted by Gasteiger charge is 2.22. The minimum atomic E-state index is -0.697. The molecule has 0 aliphatic rings. The summed E-state index contributed by atoms with van der Waals surface area (Å²) in [6.45, 7) is 1.63. The predicted octanol–water partition coefficient (Wildman–Crippen LogP) is 3.24. The summed E-state index contributed by atoms with van der Waals surface area (Å²) in [4.78, 5) is 18.2. The van der Waals surface area contributed by atoms with Crippen LogP contribution in [0.15, 0.2) is 47.1 Å². The van der Waals surface area contributed by atoms with Gasteiger partial charge in [-0.15, -0.1) is 0 Å². The van der Waals surface area contributed by atoms with Gasteiger partial charge in [-0.05, 0) is 46.7 Å². The van der Waals surface area contributed by atoms with Gasteiger partial charge < -0.3 is 19.4 Å². The number of halogens is 1. The second-order valence-corrected chi connectivity index (χ2v) is 5.19. The third-order valence-electron chi connectivity index (χ3n) is 3.33. The number of nitro groups is 1. The maximum atomic E-state index is 12.9. The van der Waals surface area contributed by atoms with Gasteiger partial charge in [-0.3, -0.25) is 0 Å². The largest absolute Gasteiger partial charge is 0.473 e. The van der Waals surface area contributed by atoms with Crippen LogP contribution in [0.2, 0.25) is 0 Å². The van der Waals surface area contributed by atoms with E-state index in [9.17, 15) is 14.5 Å². The monoisotopic (exact) mass is 344 g/mol. The van der Waals surface area contributed by atoms with Crippen LogP contribution in [-0.2, 0) is 6.42 Å². The zero-order valence-corrected chi connectivity index (χ0v) is 13.1. The van der Waals surface area contributed by atoms with Crippen LogP contribution in [0.25, 0.3) is 0 Å². The zero-order chi connectivity index (χ0) is 17.8. The molecule has 0 amide bonds. The Hall–Kier alpha value is -3.36. The molecule has 0 unspecified atom stereocenters. The smallest absolute Gasteiger partial charge is 0.406 e. The summed E-state index contributed by atoms with van der Waals surface area (Å²) >= 11 is 0. The molecule has 1 atom stereocenters. The van der Waals surface area contributed by atoms with E-state index in [0.29, 0.717) is 12.2 Å². The van der Waals surface area contributed by atoms with E-state index in [4.69, 9.17) is 9.26 Å². The number of ether oxygens (including phenoxy) is 1. The molecule has 25 heavy (non-hydrogen) atoms. The number of pyridine rings is 1. The minimum Gasteiger partial charge on any atom is -0.473 e. The number of benzene rings is 1. The normalized spacial score (nSPS) is 11.9. The Morgan fingerprint density at radius 3 is 2.80 bits per heavy atom. The van der Waals surface area contributed by atoms with Gasteiger partial charge in [0.25, 0.3) is 5.89 Å². The first-order valence-electron chi connectivity index (χ1n) is 7.36. The van der Waals surface area contributed by atoms with Crippen molar-refractivity contribution in [3.63, 3.8) is 0 Å². The molecule has 0 saturated carbocycles. The highest BCUT2D eigenvalue weighted by Crippen LogP contribution is 2.28. The van der Waals surface area contributed by atoms with Gasteiger partial charge in [0.15, 0.2) is 11.9 Å². The first-order valence-corrected chi connectivity index (χ1v) is 7.36. The van der Waals surface area contributed by atoms with Crippen molar-refractivity contribution < 1.29 is 18.6 Å². The van der Waals surface area contributed by atoms with Crippen molar-refractivity contribution in [2.45, 2.75) is 19.4 Å². The summed E-state index contributed by atoms with van der Waals surface area (Å²) in [5.74, 6) is -0.121. The van der Waals surface area contributed by atoms with Crippen molar-refractivity contribution in [1.29, 1.82) is 0 Å². The van der Waals surface area contributed by atoms with Crippen LogP contribution >= 0.6 is 0 Å². The summed E-state index contributed by atoms with van der Waals surface area (Å²) in [7, 11) is 0. The van der Waals surface area contributed by atoms with Gasteiger partial charge in [-0.2, -0.15) is 4.98 Å². The molecule has 0 radical (unpaired) electrons. The molecule has 0 spiro atoms. The van der Waals surface area contributed by atoms with E-state index < -0.39 is 11.0 Å². The van der Waals surface area contributed by atoms with E-state index in [1.54, 1.807) is 19.1 Å². The molecule has 2 heterocycles. The zero-order valence-electron chi connectivity index (χ0n) is 13.1. The molecule has 0 aliphatic heterocycles. The standard InChI is InChI=1S/C16H13FN4O4/c1-10(24-13-3-2-8-18-15(13)21(22)23)16-19-14(20-25-16)9-11-4-6-12(17)7-5-11/h2-8,10H,9H2,1H3/t10-/m0/s1. The molecule has 128 valence electrons.